The largest absolute Gasteiger partial charge is 0.463 e. The number of aliphatic hydroxyl groups is 3. The summed E-state index contributed by atoms with van der Waals surface area (Å²) in [5, 5.41) is 31.8. The molecule has 0 radical (unpaired) electrons. The van der Waals surface area contributed by atoms with Crippen LogP contribution < -0.4 is 10.1 Å². The molecular formula is C15H21NO6. The van der Waals surface area contributed by atoms with Crippen molar-refractivity contribution in [1.82, 2.24) is 5.32 Å². The Balaban J connectivity index is 2.18. The van der Waals surface area contributed by atoms with Crippen LogP contribution in [0.1, 0.15) is 12.5 Å². The molecule has 4 N–H and O–H groups in total. The molecular weight excluding hydrogens is 290 g/mol. The third kappa shape index (κ3) is 3.75. The quantitative estimate of drug-likeness (QED) is 0.587. The lowest BCUT2D eigenvalue weighted by Gasteiger charge is -2.42. The van der Waals surface area contributed by atoms with Gasteiger partial charge in [-0.15, -0.1) is 0 Å². The number of rotatable bonds is 4. The highest BCUT2D eigenvalue weighted by Gasteiger charge is 2.46. The normalized spacial score (nSPS) is 31.6. The molecule has 1 heterocycles. The Hall–Kier alpha value is -1.67. The highest BCUT2D eigenvalue weighted by molar-refractivity contribution is 5.73. The van der Waals surface area contributed by atoms with Crippen LogP contribution in [0, 0.1) is 6.92 Å². The van der Waals surface area contributed by atoms with E-state index in [4.69, 9.17) is 9.47 Å². The van der Waals surface area contributed by atoms with Gasteiger partial charge in [-0.05, 0) is 19.1 Å². The zero-order valence-electron chi connectivity index (χ0n) is 12.5. The van der Waals surface area contributed by atoms with Crippen LogP contribution in [0.25, 0.3) is 0 Å². The lowest BCUT2D eigenvalue weighted by Crippen LogP contribution is -2.65. The maximum absolute atomic E-state index is 11.3. The van der Waals surface area contributed by atoms with Crippen LogP contribution >= 0.6 is 0 Å². The molecule has 22 heavy (non-hydrogen) atoms. The third-order valence-electron chi connectivity index (χ3n) is 3.52. The van der Waals surface area contributed by atoms with E-state index < -0.39 is 37.3 Å². The summed E-state index contributed by atoms with van der Waals surface area (Å²) < 4.78 is 11.1. The van der Waals surface area contributed by atoms with E-state index in [0.29, 0.717) is 5.75 Å². The first-order valence-electron chi connectivity index (χ1n) is 7.05. The topological polar surface area (TPSA) is 108 Å². The third-order valence-corrected chi connectivity index (χ3v) is 3.52. The Bertz CT molecular complexity index is 505. The average molecular weight is 311 g/mol. The van der Waals surface area contributed by atoms with Crippen molar-refractivity contribution in [2.45, 2.75) is 44.5 Å². The van der Waals surface area contributed by atoms with Crippen molar-refractivity contribution in [3.05, 3.63) is 29.8 Å². The van der Waals surface area contributed by atoms with Gasteiger partial charge in [0.15, 0.2) is 0 Å². The monoisotopic (exact) mass is 311 g/mol. The lowest BCUT2D eigenvalue weighted by atomic mass is 9.97. The molecule has 7 heteroatoms. The molecule has 0 spiro atoms. The van der Waals surface area contributed by atoms with Crippen molar-refractivity contribution < 1.29 is 29.6 Å². The SMILES string of the molecule is CC(=O)N[C@@H]1[C@H](Oc2ccc(C)cc2)O[C@H](CO)[C@@H](O)[C@H]1O. The van der Waals surface area contributed by atoms with E-state index in [1.807, 2.05) is 19.1 Å². The van der Waals surface area contributed by atoms with Crippen LogP contribution in [0.4, 0.5) is 0 Å². The van der Waals surface area contributed by atoms with Gasteiger partial charge >= 0.3 is 0 Å². The van der Waals surface area contributed by atoms with E-state index in [2.05, 4.69) is 5.32 Å². The molecule has 2 rings (SSSR count). The van der Waals surface area contributed by atoms with Gasteiger partial charge in [0.05, 0.1) is 6.61 Å². The number of aryl methyl sites for hydroxylation is 1. The molecule has 0 bridgehead atoms. The van der Waals surface area contributed by atoms with Crippen molar-refractivity contribution in [1.29, 1.82) is 0 Å². The van der Waals surface area contributed by atoms with Crippen molar-refractivity contribution in [2.75, 3.05) is 6.61 Å². The predicted molar refractivity (Wildman–Crippen MR) is 77.2 cm³/mol. The van der Waals surface area contributed by atoms with Crippen LogP contribution in [0.3, 0.4) is 0 Å². The first-order chi connectivity index (χ1) is 10.4. The molecule has 1 amide bonds. The molecule has 0 aromatic heterocycles. The summed E-state index contributed by atoms with van der Waals surface area (Å²) in [6.45, 7) is 2.75. The Morgan fingerprint density at radius 3 is 2.45 bits per heavy atom. The lowest BCUT2D eigenvalue weighted by molar-refractivity contribution is -0.244. The van der Waals surface area contributed by atoms with Gasteiger partial charge in [0.2, 0.25) is 12.2 Å². The van der Waals surface area contributed by atoms with Crippen LogP contribution in [0.2, 0.25) is 0 Å². The maximum atomic E-state index is 11.3. The van der Waals surface area contributed by atoms with E-state index in [0.717, 1.165) is 5.56 Å². The van der Waals surface area contributed by atoms with Crippen molar-refractivity contribution in [3.8, 4) is 5.75 Å². The molecule has 5 atom stereocenters. The highest BCUT2D eigenvalue weighted by Crippen LogP contribution is 2.24. The van der Waals surface area contributed by atoms with Crippen LogP contribution in [-0.4, -0.2) is 58.5 Å². The molecule has 0 unspecified atom stereocenters. The van der Waals surface area contributed by atoms with Crippen molar-refractivity contribution in [3.63, 3.8) is 0 Å². The van der Waals surface area contributed by atoms with Gasteiger partial charge in [-0.2, -0.15) is 0 Å². The average Bonchev–Trinajstić information content (AvgIpc) is 2.48. The van der Waals surface area contributed by atoms with Gasteiger partial charge in [0.1, 0.15) is 30.1 Å². The number of hydrogen-bond acceptors (Lipinski definition) is 6. The Morgan fingerprint density at radius 2 is 1.91 bits per heavy atom. The van der Waals surface area contributed by atoms with Crippen LogP contribution in [0.15, 0.2) is 24.3 Å². The summed E-state index contributed by atoms with van der Waals surface area (Å²) in [5.74, 6) is 0.103. The van der Waals surface area contributed by atoms with E-state index >= 15 is 0 Å². The van der Waals surface area contributed by atoms with E-state index in [1.165, 1.54) is 6.92 Å². The number of benzene rings is 1. The fraction of sp³-hybridized carbons (Fsp3) is 0.533. The van der Waals surface area contributed by atoms with Crippen LogP contribution in [-0.2, 0) is 9.53 Å². The summed E-state index contributed by atoms with van der Waals surface area (Å²) in [5.41, 5.74) is 1.05. The summed E-state index contributed by atoms with van der Waals surface area (Å²) >= 11 is 0. The summed E-state index contributed by atoms with van der Waals surface area (Å²) in [6, 6.07) is 6.21. The van der Waals surface area contributed by atoms with E-state index in [-0.39, 0.29) is 5.91 Å². The molecule has 1 fully saturated rings. The van der Waals surface area contributed by atoms with Gasteiger partial charge in [0.25, 0.3) is 0 Å². The number of nitrogens with one attached hydrogen (secondary N) is 1. The number of carbonyl (C=O) groups excluding carboxylic acids is 1. The van der Waals surface area contributed by atoms with Gasteiger partial charge in [0, 0.05) is 6.92 Å². The summed E-state index contributed by atoms with van der Waals surface area (Å²) in [7, 11) is 0. The minimum absolute atomic E-state index is 0.389. The van der Waals surface area contributed by atoms with E-state index in [9.17, 15) is 20.1 Å². The smallest absolute Gasteiger partial charge is 0.223 e. The van der Waals surface area contributed by atoms with Gasteiger partial charge < -0.3 is 30.1 Å². The molecule has 1 aliphatic rings. The summed E-state index contributed by atoms with van der Waals surface area (Å²) in [6.07, 6.45) is -4.65. The predicted octanol–water partition coefficient (Wildman–Crippen LogP) is -0.682. The van der Waals surface area contributed by atoms with Gasteiger partial charge in [-0.25, -0.2) is 0 Å². The molecule has 1 aromatic rings. The highest BCUT2D eigenvalue weighted by atomic mass is 16.7. The Kier molecular flexibility index (Phi) is 5.36. The molecule has 0 saturated carbocycles. The number of ether oxygens (including phenoxy) is 2. The second-order valence-corrected chi connectivity index (χ2v) is 5.36. The van der Waals surface area contributed by atoms with Crippen LogP contribution in [0.5, 0.6) is 5.75 Å². The zero-order valence-corrected chi connectivity index (χ0v) is 12.5. The number of carbonyl (C=O) groups is 1. The fourth-order valence-electron chi connectivity index (χ4n) is 2.32. The van der Waals surface area contributed by atoms with Gasteiger partial charge in [-0.1, -0.05) is 17.7 Å². The zero-order chi connectivity index (χ0) is 16.3. The molecule has 1 aliphatic heterocycles. The minimum atomic E-state index is -1.32. The first-order valence-corrected chi connectivity index (χ1v) is 7.05. The Labute approximate surface area is 128 Å². The fourth-order valence-corrected chi connectivity index (χ4v) is 2.32. The summed E-state index contributed by atoms with van der Waals surface area (Å²) in [4.78, 5) is 11.3. The molecule has 0 aliphatic carbocycles. The second-order valence-electron chi connectivity index (χ2n) is 5.36. The Morgan fingerprint density at radius 1 is 1.27 bits per heavy atom. The molecule has 1 aromatic carbocycles. The minimum Gasteiger partial charge on any atom is -0.463 e. The molecule has 1 saturated heterocycles. The van der Waals surface area contributed by atoms with Gasteiger partial charge in [-0.3, -0.25) is 4.79 Å². The standard InChI is InChI=1S/C15H21NO6/c1-8-3-5-10(6-4-8)21-15-12(16-9(2)18)14(20)13(19)11(7-17)22-15/h3-6,11-15,17,19-20H,7H2,1-2H3,(H,16,18)/t11-,12+,13-,14+,15-/m1/s1. The molecule has 122 valence electrons. The number of amides is 1. The van der Waals surface area contributed by atoms with Crippen molar-refractivity contribution in [2.24, 2.45) is 0 Å². The second kappa shape index (κ2) is 7.06. The number of aliphatic hydroxyl groups excluding tert-OH is 3. The van der Waals surface area contributed by atoms with E-state index in [1.54, 1.807) is 12.1 Å². The maximum Gasteiger partial charge on any atom is 0.223 e. The number of hydrogen-bond donors (Lipinski definition) is 4. The first kappa shape index (κ1) is 16.7. The van der Waals surface area contributed by atoms with Crippen molar-refractivity contribution >= 4 is 5.91 Å². The molecule has 7 nitrogen and oxygen atoms in total.